The van der Waals surface area contributed by atoms with Crippen LogP contribution in [0, 0.1) is 0 Å². The third-order valence-electron chi connectivity index (χ3n) is 5.98. The van der Waals surface area contributed by atoms with E-state index in [2.05, 4.69) is 29.6 Å². The summed E-state index contributed by atoms with van der Waals surface area (Å²) >= 11 is 1.38. The van der Waals surface area contributed by atoms with E-state index in [4.69, 9.17) is 9.47 Å². The zero-order valence-corrected chi connectivity index (χ0v) is 22.3. The number of fused-ring (bicyclic) bond motifs is 3. The van der Waals surface area contributed by atoms with Crippen LogP contribution < -0.4 is 5.32 Å². The summed E-state index contributed by atoms with van der Waals surface area (Å²) in [7, 11) is 0. The van der Waals surface area contributed by atoms with E-state index in [0.717, 1.165) is 0 Å². The van der Waals surface area contributed by atoms with Crippen molar-refractivity contribution in [1.29, 1.82) is 0 Å². The van der Waals surface area contributed by atoms with Crippen LogP contribution in [-0.2, 0) is 19.1 Å². The van der Waals surface area contributed by atoms with Gasteiger partial charge in [0.1, 0.15) is 18.2 Å². The van der Waals surface area contributed by atoms with Crippen LogP contribution in [0.3, 0.4) is 0 Å². The third kappa shape index (κ3) is 7.03. The first kappa shape index (κ1) is 27.6. The van der Waals surface area contributed by atoms with E-state index in [1.54, 1.807) is 34.6 Å². The molecule has 0 aromatic heterocycles. The maximum Gasteiger partial charge on any atom is 0.408 e. The summed E-state index contributed by atoms with van der Waals surface area (Å²) in [4.78, 5) is 36.4. The molecule has 0 radical (unpaired) electrons. The first-order chi connectivity index (χ1) is 16.9. The summed E-state index contributed by atoms with van der Waals surface area (Å²) in [6.45, 7) is 8.93. The normalized spacial score (nSPS) is 13.9. The quantitative estimate of drug-likeness (QED) is 0.314. The predicted molar refractivity (Wildman–Crippen MR) is 141 cm³/mol. The topological polar surface area (TPSA) is 102 Å². The van der Waals surface area contributed by atoms with Crippen LogP contribution in [0.25, 0.3) is 11.1 Å². The van der Waals surface area contributed by atoms with Gasteiger partial charge in [-0.1, -0.05) is 48.5 Å². The van der Waals surface area contributed by atoms with Crippen LogP contribution >= 0.6 is 11.8 Å². The number of carboxylic acids is 1. The molecular formula is C28H35NO6S. The van der Waals surface area contributed by atoms with Crippen molar-refractivity contribution < 1.29 is 29.0 Å². The van der Waals surface area contributed by atoms with E-state index >= 15 is 0 Å². The Labute approximate surface area is 217 Å². The number of hydrogen-bond acceptors (Lipinski definition) is 6. The van der Waals surface area contributed by atoms with Gasteiger partial charge in [0.25, 0.3) is 0 Å². The molecule has 1 amide bonds. The van der Waals surface area contributed by atoms with Gasteiger partial charge in [0.05, 0.1) is 0 Å². The lowest BCUT2D eigenvalue weighted by molar-refractivity contribution is -0.144. The Hall–Kier alpha value is -3.00. The molecule has 1 aliphatic rings. The molecule has 36 heavy (non-hydrogen) atoms. The smallest absolute Gasteiger partial charge is 0.408 e. The van der Waals surface area contributed by atoms with Crippen molar-refractivity contribution in [1.82, 2.24) is 5.32 Å². The minimum absolute atomic E-state index is 0.0184. The van der Waals surface area contributed by atoms with Crippen molar-refractivity contribution in [3.8, 4) is 11.1 Å². The number of hydrogen-bond donors (Lipinski definition) is 2. The second kappa shape index (κ2) is 11.4. The minimum atomic E-state index is -1.15. The van der Waals surface area contributed by atoms with Gasteiger partial charge in [-0.15, -0.1) is 0 Å². The number of ether oxygens (including phenoxy) is 2. The molecule has 0 fully saturated rings. The zero-order chi connectivity index (χ0) is 26.5. The SMILES string of the molecule is CC(C)(C)OC(=O)N[C@H](C(=O)O)C(C)(C)SCCCC(=O)OCC1c2ccccc2-c2ccccc21. The van der Waals surface area contributed by atoms with Crippen LogP contribution in [0.15, 0.2) is 48.5 Å². The van der Waals surface area contributed by atoms with Crippen LogP contribution in [0.4, 0.5) is 4.79 Å². The first-order valence-electron chi connectivity index (χ1n) is 12.1. The van der Waals surface area contributed by atoms with E-state index in [9.17, 15) is 19.5 Å². The van der Waals surface area contributed by atoms with E-state index in [1.165, 1.54) is 34.0 Å². The Morgan fingerprint density at radius 1 is 0.972 bits per heavy atom. The molecule has 2 N–H and O–H groups in total. The van der Waals surface area contributed by atoms with Crippen molar-refractivity contribution in [3.05, 3.63) is 59.7 Å². The predicted octanol–water partition coefficient (Wildman–Crippen LogP) is 5.61. The molecule has 0 unspecified atom stereocenters. The summed E-state index contributed by atoms with van der Waals surface area (Å²) in [5.74, 6) is -0.867. The fourth-order valence-electron chi connectivity index (χ4n) is 4.28. The van der Waals surface area contributed by atoms with Crippen molar-refractivity contribution in [2.75, 3.05) is 12.4 Å². The Kier molecular flexibility index (Phi) is 8.71. The van der Waals surface area contributed by atoms with Gasteiger partial charge in [-0.2, -0.15) is 11.8 Å². The van der Waals surface area contributed by atoms with Gasteiger partial charge in [0, 0.05) is 17.1 Å². The van der Waals surface area contributed by atoms with Crippen LogP contribution in [0.2, 0.25) is 0 Å². The Bertz CT molecular complexity index is 1060. The Morgan fingerprint density at radius 3 is 2.06 bits per heavy atom. The van der Waals surface area contributed by atoms with Gasteiger partial charge in [-0.05, 0) is 69.0 Å². The number of carboxylic acid groups (broad SMARTS) is 1. The van der Waals surface area contributed by atoms with Crippen molar-refractivity contribution in [2.45, 2.75) is 69.8 Å². The molecule has 8 heteroatoms. The number of carbonyl (C=O) groups excluding carboxylic acids is 2. The number of rotatable bonds is 10. The lowest BCUT2D eigenvalue weighted by atomic mass is 9.98. The monoisotopic (exact) mass is 513 g/mol. The van der Waals surface area contributed by atoms with Crippen LogP contribution in [-0.4, -0.2) is 51.9 Å². The van der Waals surface area contributed by atoms with E-state index in [0.29, 0.717) is 12.2 Å². The highest BCUT2D eigenvalue weighted by Gasteiger charge is 2.38. The molecule has 0 spiro atoms. The molecule has 0 heterocycles. The summed E-state index contributed by atoms with van der Waals surface area (Å²) in [6.07, 6.45) is -0.0120. The van der Waals surface area contributed by atoms with Gasteiger partial charge in [0.2, 0.25) is 0 Å². The zero-order valence-electron chi connectivity index (χ0n) is 21.5. The highest BCUT2D eigenvalue weighted by molar-refractivity contribution is 8.00. The lowest BCUT2D eigenvalue weighted by Gasteiger charge is -2.32. The molecule has 0 saturated carbocycles. The fourth-order valence-corrected chi connectivity index (χ4v) is 5.42. The van der Waals surface area contributed by atoms with E-state index in [-0.39, 0.29) is 24.9 Å². The molecular weight excluding hydrogens is 478 g/mol. The number of alkyl carbamates (subject to hydrolysis) is 1. The number of benzene rings is 2. The molecule has 0 aliphatic heterocycles. The molecule has 0 bridgehead atoms. The molecule has 7 nitrogen and oxygen atoms in total. The molecule has 194 valence electrons. The average Bonchev–Trinajstić information content (AvgIpc) is 3.11. The number of esters is 1. The second-order valence-electron chi connectivity index (χ2n) is 10.4. The average molecular weight is 514 g/mol. The molecule has 3 rings (SSSR count). The van der Waals surface area contributed by atoms with Crippen molar-refractivity contribution in [3.63, 3.8) is 0 Å². The Morgan fingerprint density at radius 2 is 1.53 bits per heavy atom. The van der Waals surface area contributed by atoms with Crippen molar-refractivity contribution >= 4 is 29.8 Å². The molecule has 1 atom stereocenters. The van der Waals surface area contributed by atoms with Gasteiger partial charge in [-0.3, -0.25) is 4.79 Å². The van der Waals surface area contributed by atoms with Gasteiger partial charge in [-0.25, -0.2) is 9.59 Å². The third-order valence-corrected chi connectivity index (χ3v) is 7.45. The minimum Gasteiger partial charge on any atom is -0.480 e. The van der Waals surface area contributed by atoms with Crippen LogP contribution in [0.1, 0.15) is 64.5 Å². The molecule has 1 aliphatic carbocycles. The fraction of sp³-hybridized carbons (Fsp3) is 0.464. The number of nitrogens with one attached hydrogen (secondary N) is 1. The summed E-state index contributed by atoms with van der Waals surface area (Å²) in [5, 5.41) is 12.1. The standard InChI is InChI=1S/C28H35NO6S/c1-27(2,3)35-26(33)29-24(25(31)32)28(4,5)36-16-10-15-23(30)34-17-22-20-13-8-6-11-18(20)19-12-7-9-14-21(19)22/h6-9,11-14,22,24H,10,15-17H2,1-5H3,(H,29,33)(H,31,32)/t24-/m1/s1. The van der Waals surface area contributed by atoms with Gasteiger partial charge >= 0.3 is 18.0 Å². The van der Waals surface area contributed by atoms with E-state index in [1.807, 2.05) is 24.3 Å². The first-order valence-corrected chi connectivity index (χ1v) is 13.1. The largest absolute Gasteiger partial charge is 0.480 e. The van der Waals surface area contributed by atoms with Gasteiger partial charge < -0.3 is 19.9 Å². The summed E-state index contributed by atoms with van der Waals surface area (Å²) < 4.78 is 10.0. The van der Waals surface area contributed by atoms with Crippen LogP contribution in [0.5, 0.6) is 0 Å². The van der Waals surface area contributed by atoms with Gasteiger partial charge in [0.15, 0.2) is 0 Å². The van der Waals surface area contributed by atoms with E-state index < -0.39 is 28.5 Å². The summed E-state index contributed by atoms with van der Waals surface area (Å²) in [6, 6.07) is 15.2. The second-order valence-corrected chi connectivity index (χ2v) is 12.1. The molecule has 0 saturated heterocycles. The number of carbonyl (C=O) groups is 3. The highest BCUT2D eigenvalue weighted by Crippen LogP contribution is 2.44. The lowest BCUT2D eigenvalue weighted by Crippen LogP contribution is -2.53. The molecule has 2 aromatic rings. The Balaban J connectivity index is 1.48. The van der Waals surface area contributed by atoms with Crippen molar-refractivity contribution in [2.24, 2.45) is 0 Å². The molecule has 2 aromatic carbocycles. The maximum absolute atomic E-state index is 12.5. The number of thioether (sulfide) groups is 1. The highest BCUT2D eigenvalue weighted by atomic mass is 32.2. The number of aliphatic carboxylic acids is 1. The number of amides is 1. The summed E-state index contributed by atoms with van der Waals surface area (Å²) in [5.41, 5.74) is 3.97. The maximum atomic E-state index is 12.5.